The van der Waals surface area contributed by atoms with Gasteiger partial charge in [-0.15, -0.1) is 0 Å². The first-order valence-corrected chi connectivity index (χ1v) is 9.12. The van der Waals surface area contributed by atoms with Crippen LogP contribution in [0.5, 0.6) is 0 Å². The molecule has 0 saturated heterocycles. The van der Waals surface area contributed by atoms with Crippen LogP contribution in [-0.4, -0.2) is 22.6 Å². The molecule has 0 aliphatic heterocycles. The van der Waals surface area contributed by atoms with Crippen molar-refractivity contribution in [2.45, 2.75) is 44.9 Å². The number of aryl methyl sites for hydroxylation is 1. The van der Waals surface area contributed by atoms with Crippen molar-refractivity contribution in [3.8, 4) is 11.4 Å². The van der Waals surface area contributed by atoms with Gasteiger partial charge in [0.2, 0.25) is 17.6 Å². The maximum absolute atomic E-state index is 11.9. The molecule has 0 atom stereocenters. The van der Waals surface area contributed by atoms with E-state index in [4.69, 9.17) is 16.1 Å². The number of rotatable bonds is 7. The van der Waals surface area contributed by atoms with E-state index in [1.165, 1.54) is 31.3 Å². The lowest BCUT2D eigenvalue weighted by Crippen LogP contribution is -2.25. The molecule has 1 aromatic carbocycles. The molecule has 5 nitrogen and oxygen atoms in total. The van der Waals surface area contributed by atoms with Crippen LogP contribution in [0.3, 0.4) is 0 Å². The molecule has 0 saturated carbocycles. The first kappa shape index (κ1) is 17.7. The molecule has 1 aliphatic carbocycles. The van der Waals surface area contributed by atoms with E-state index in [1.807, 2.05) is 18.2 Å². The molecular formula is C19H22ClN3O2. The molecule has 1 aromatic heterocycles. The number of hydrogen-bond acceptors (Lipinski definition) is 4. The summed E-state index contributed by atoms with van der Waals surface area (Å²) < 4.78 is 5.22. The van der Waals surface area contributed by atoms with Crippen molar-refractivity contribution in [3.05, 3.63) is 46.8 Å². The minimum Gasteiger partial charge on any atom is -0.356 e. The third kappa shape index (κ3) is 5.16. The summed E-state index contributed by atoms with van der Waals surface area (Å²) in [7, 11) is 0. The van der Waals surface area contributed by atoms with Crippen molar-refractivity contribution in [2.75, 3.05) is 6.54 Å². The molecule has 6 heteroatoms. The monoisotopic (exact) mass is 359 g/mol. The van der Waals surface area contributed by atoms with Crippen LogP contribution in [-0.2, 0) is 11.2 Å². The standard InChI is InChI=1S/C19H22ClN3O2/c20-16-9-5-4-8-15(16)19-22-18(25-23-19)11-10-17(24)21-13-12-14-6-2-1-3-7-14/h4-6,8-9H,1-3,7,10-13H2,(H,21,24). The molecule has 1 N–H and O–H groups in total. The lowest BCUT2D eigenvalue weighted by Gasteiger charge is -2.12. The molecule has 1 heterocycles. The fourth-order valence-corrected chi connectivity index (χ4v) is 3.13. The Morgan fingerprint density at radius 1 is 1.24 bits per heavy atom. The Kier molecular flexibility index (Phi) is 6.23. The Balaban J connectivity index is 1.43. The van der Waals surface area contributed by atoms with E-state index < -0.39 is 0 Å². The van der Waals surface area contributed by atoms with E-state index in [9.17, 15) is 4.79 Å². The molecule has 0 radical (unpaired) electrons. The number of benzene rings is 1. The number of nitrogens with zero attached hydrogens (tertiary/aromatic N) is 2. The number of carbonyl (C=O) groups is 1. The minimum atomic E-state index is 0.00824. The van der Waals surface area contributed by atoms with Crippen molar-refractivity contribution in [1.82, 2.24) is 15.5 Å². The van der Waals surface area contributed by atoms with Gasteiger partial charge in [0.15, 0.2) is 0 Å². The summed E-state index contributed by atoms with van der Waals surface area (Å²) in [5.41, 5.74) is 2.19. The zero-order valence-corrected chi connectivity index (χ0v) is 14.9. The third-order valence-electron chi connectivity index (χ3n) is 4.30. The van der Waals surface area contributed by atoms with Crippen LogP contribution in [0.15, 0.2) is 40.4 Å². The Hall–Kier alpha value is -2.14. The second-order valence-corrected chi connectivity index (χ2v) is 6.61. The van der Waals surface area contributed by atoms with Crippen LogP contribution >= 0.6 is 11.6 Å². The number of nitrogens with one attached hydrogen (secondary N) is 1. The SMILES string of the molecule is O=C(CCc1nc(-c2ccccc2Cl)no1)NCCC1=CCCCC1. The largest absolute Gasteiger partial charge is 0.356 e. The highest BCUT2D eigenvalue weighted by Gasteiger charge is 2.12. The summed E-state index contributed by atoms with van der Waals surface area (Å²) in [5.74, 6) is 0.902. The predicted molar refractivity (Wildman–Crippen MR) is 97.2 cm³/mol. The quantitative estimate of drug-likeness (QED) is 0.747. The van der Waals surface area contributed by atoms with Crippen molar-refractivity contribution in [2.24, 2.45) is 0 Å². The predicted octanol–water partition coefficient (Wildman–Crippen LogP) is 4.33. The summed E-state index contributed by atoms with van der Waals surface area (Å²) in [6, 6.07) is 7.33. The highest BCUT2D eigenvalue weighted by Crippen LogP contribution is 2.25. The first-order chi connectivity index (χ1) is 12.2. The molecule has 0 fully saturated rings. The van der Waals surface area contributed by atoms with Gasteiger partial charge in [0.05, 0.1) is 5.02 Å². The number of allylic oxidation sites excluding steroid dienone is 1. The van der Waals surface area contributed by atoms with Gasteiger partial charge in [-0.1, -0.05) is 40.5 Å². The summed E-state index contributed by atoms with van der Waals surface area (Å²) in [4.78, 5) is 16.3. The van der Waals surface area contributed by atoms with Gasteiger partial charge in [-0.05, 0) is 44.2 Å². The number of halogens is 1. The molecule has 1 amide bonds. The topological polar surface area (TPSA) is 68.0 Å². The summed E-state index contributed by atoms with van der Waals surface area (Å²) in [6.07, 6.45) is 8.92. The number of carbonyl (C=O) groups excluding carboxylic acids is 1. The fourth-order valence-electron chi connectivity index (χ4n) is 2.91. The van der Waals surface area contributed by atoms with Crippen LogP contribution in [0, 0.1) is 0 Å². The Labute approximate surface area is 152 Å². The minimum absolute atomic E-state index is 0.00824. The molecule has 0 unspecified atom stereocenters. The molecule has 2 aromatic rings. The molecule has 0 spiro atoms. The van der Waals surface area contributed by atoms with E-state index in [-0.39, 0.29) is 5.91 Å². The summed E-state index contributed by atoms with van der Waals surface area (Å²) in [6.45, 7) is 0.694. The second kappa shape index (κ2) is 8.81. The Morgan fingerprint density at radius 2 is 2.12 bits per heavy atom. The van der Waals surface area contributed by atoms with Crippen LogP contribution in [0.25, 0.3) is 11.4 Å². The van der Waals surface area contributed by atoms with Gasteiger partial charge in [0.25, 0.3) is 0 Å². The van der Waals surface area contributed by atoms with E-state index in [2.05, 4.69) is 21.5 Å². The number of aromatic nitrogens is 2. The average molecular weight is 360 g/mol. The number of amides is 1. The van der Waals surface area contributed by atoms with Crippen molar-refractivity contribution in [1.29, 1.82) is 0 Å². The lowest BCUT2D eigenvalue weighted by molar-refractivity contribution is -0.121. The Bertz CT molecular complexity index is 755. The van der Waals surface area contributed by atoms with E-state index in [0.717, 1.165) is 12.0 Å². The van der Waals surface area contributed by atoms with Crippen LogP contribution in [0.4, 0.5) is 0 Å². The zero-order valence-electron chi connectivity index (χ0n) is 14.1. The molecule has 3 rings (SSSR count). The van der Waals surface area contributed by atoms with E-state index in [0.29, 0.717) is 36.1 Å². The lowest BCUT2D eigenvalue weighted by atomic mass is 9.97. The van der Waals surface area contributed by atoms with Gasteiger partial charge >= 0.3 is 0 Å². The van der Waals surface area contributed by atoms with Gasteiger partial charge in [0.1, 0.15) is 0 Å². The smallest absolute Gasteiger partial charge is 0.227 e. The van der Waals surface area contributed by atoms with E-state index in [1.54, 1.807) is 6.07 Å². The fraction of sp³-hybridized carbons (Fsp3) is 0.421. The summed E-state index contributed by atoms with van der Waals surface area (Å²) >= 11 is 6.13. The van der Waals surface area contributed by atoms with Crippen molar-refractivity contribution < 1.29 is 9.32 Å². The van der Waals surface area contributed by atoms with E-state index >= 15 is 0 Å². The Morgan fingerprint density at radius 3 is 2.92 bits per heavy atom. The van der Waals surface area contributed by atoms with Gasteiger partial charge in [-0.3, -0.25) is 4.79 Å². The van der Waals surface area contributed by atoms with Gasteiger partial charge in [-0.25, -0.2) is 0 Å². The molecule has 25 heavy (non-hydrogen) atoms. The van der Waals surface area contributed by atoms with Gasteiger partial charge < -0.3 is 9.84 Å². The normalized spacial score (nSPS) is 14.2. The summed E-state index contributed by atoms with van der Waals surface area (Å²) in [5, 5.41) is 7.47. The van der Waals surface area contributed by atoms with Crippen molar-refractivity contribution >= 4 is 17.5 Å². The zero-order chi connectivity index (χ0) is 17.5. The van der Waals surface area contributed by atoms with Crippen LogP contribution < -0.4 is 5.32 Å². The van der Waals surface area contributed by atoms with Crippen molar-refractivity contribution in [3.63, 3.8) is 0 Å². The maximum atomic E-state index is 11.9. The third-order valence-corrected chi connectivity index (χ3v) is 4.63. The van der Waals surface area contributed by atoms with Gasteiger partial charge in [-0.2, -0.15) is 4.98 Å². The number of hydrogen-bond donors (Lipinski definition) is 1. The average Bonchev–Trinajstić information content (AvgIpc) is 3.10. The molecule has 132 valence electrons. The van der Waals surface area contributed by atoms with Crippen LogP contribution in [0.2, 0.25) is 5.02 Å². The van der Waals surface area contributed by atoms with Crippen LogP contribution in [0.1, 0.15) is 44.4 Å². The molecular weight excluding hydrogens is 338 g/mol. The highest BCUT2D eigenvalue weighted by molar-refractivity contribution is 6.33. The molecule has 0 bridgehead atoms. The van der Waals surface area contributed by atoms with Gasteiger partial charge in [0, 0.05) is 24.9 Å². The second-order valence-electron chi connectivity index (χ2n) is 6.20. The highest BCUT2D eigenvalue weighted by atomic mass is 35.5. The first-order valence-electron chi connectivity index (χ1n) is 8.74. The maximum Gasteiger partial charge on any atom is 0.227 e. The molecule has 1 aliphatic rings.